The molecule has 0 spiro atoms. The van der Waals surface area contributed by atoms with Crippen LogP contribution in [0.1, 0.15) is 29.8 Å². The highest BCUT2D eigenvalue weighted by molar-refractivity contribution is 5.76. The third-order valence-electron chi connectivity index (χ3n) is 5.26. The summed E-state index contributed by atoms with van der Waals surface area (Å²) in [5, 5.41) is 2.95. The molecule has 0 aliphatic carbocycles. The second kappa shape index (κ2) is 10.0. The van der Waals surface area contributed by atoms with Crippen molar-refractivity contribution in [3.05, 3.63) is 89.6 Å². The zero-order chi connectivity index (χ0) is 22.3. The summed E-state index contributed by atoms with van der Waals surface area (Å²) < 4.78 is 20.5. The van der Waals surface area contributed by atoms with Crippen molar-refractivity contribution >= 4 is 17.1 Å². The van der Waals surface area contributed by atoms with Gasteiger partial charge in [0.25, 0.3) is 0 Å². The number of aryl methyl sites for hydroxylation is 1. The van der Waals surface area contributed by atoms with Gasteiger partial charge in [0, 0.05) is 25.6 Å². The Morgan fingerprint density at radius 2 is 1.94 bits per heavy atom. The number of hydrogen-bond acceptors (Lipinski definition) is 4. The molecule has 2 aromatic heterocycles. The van der Waals surface area contributed by atoms with E-state index in [2.05, 4.69) is 10.3 Å². The first kappa shape index (κ1) is 21.5. The number of nitrogens with zero attached hydrogens (tertiary/aromatic N) is 3. The van der Waals surface area contributed by atoms with Crippen LogP contribution in [0.25, 0.3) is 11.2 Å². The maximum atomic E-state index is 13.3. The SMILES string of the molecule is COc1cccc(CNC(=O)CCCc2nc3cccnc3n2Cc2ccc(F)cc2)c1. The summed E-state index contributed by atoms with van der Waals surface area (Å²) in [6, 6.07) is 17.8. The average molecular weight is 432 g/mol. The number of nitrogens with one attached hydrogen (secondary N) is 1. The topological polar surface area (TPSA) is 69.0 Å². The molecule has 2 aromatic carbocycles. The number of carbonyl (C=O) groups excluding carboxylic acids is 1. The first-order valence-electron chi connectivity index (χ1n) is 10.6. The number of halogens is 1. The first-order chi connectivity index (χ1) is 15.6. The van der Waals surface area contributed by atoms with Gasteiger partial charge in [-0.05, 0) is 53.9 Å². The van der Waals surface area contributed by atoms with E-state index in [1.165, 1.54) is 12.1 Å². The lowest BCUT2D eigenvalue weighted by Crippen LogP contribution is -2.22. The molecule has 32 heavy (non-hydrogen) atoms. The summed E-state index contributed by atoms with van der Waals surface area (Å²) in [6.45, 7) is 1.01. The smallest absolute Gasteiger partial charge is 0.220 e. The van der Waals surface area contributed by atoms with E-state index in [1.807, 2.05) is 41.0 Å². The number of ether oxygens (including phenoxy) is 1. The van der Waals surface area contributed by atoms with E-state index in [-0.39, 0.29) is 11.7 Å². The molecular weight excluding hydrogens is 407 g/mol. The molecule has 0 fully saturated rings. The standard InChI is InChI=1S/C25H25FN4O2/c1-32-21-6-2-5-19(15-21)16-28-24(31)9-3-8-23-29-22-7-4-14-27-25(22)30(23)17-18-10-12-20(26)13-11-18/h2,4-7,10-15H,3,8-9,16-17H2,1H3,(H,28,31). The minimum atomic E-state index is -0.262. The minimum absolute atomic E-state index is 0.00728. The Labute approximate surface area is 186 Å². The van der Waals surface area contributed by atoms with Crippen molar-refractivity contribution in [3.8, 4) is 5.75 Å². The zero-order valence-corrected chi connectivity index (χ0v) is 17.9. The Balaban J connectivity index is 1.38. The predicted molar refractivity (Wildman–Crippen MR) is 121 cm³/mol. The predicted octanol–water partition coefficient (Wildman–Crippen LogP) is 4.27. The highest BCUT2D eigenvalue weighted by atomic mass is 19.1. The number of fused-ring (bicyclic) bond motifs is 1. The van der Waals surface area contributed by atoms with Gasteiger partial charge in [-0.1, -0.05) is 24.3 Å². The van der Waals surface area contributed by atoms with Gasteiger partial charge in [0.2, 0.25) is 5.91 Å². The summed E-state index contributed by atoms with van der Waals surface area (Å²) in [4.78, 5) is 21.5. The zero-order valence-electron chi connectivity index (χ0n) is 17.9. The van der Waals surface area contributed by atoms with E-state index >= 15 is 0 Å². The molecule has 7 heteroatoms. The molecule has 0 unspecified atom stereocenters. The number of benzene rings is 2. The second-order valence-corrected chi connectivity index (χ2v) is 7.57. The van der Waals surface area contributed by atoms with E-state index in [0.29, 0.717) is 32.4 Å². The van der Waals surface area contributed by atoms with Crippen LogP contribution in [0.3, 0.4) is 0 Å². The van der Waals surface area contributed by atoms with Crippen molar-refractivity contribution < 1.29 is 13.9 Å². The fourth-order valence-corrected chi connectivity index (χ4v) is 3.61. The van der Waals surface area contributed by atoms with E-state index in [9.17, 15) is 9.18 Å². The summed E-state index contributed by atoms with van der Waals surface area (Å²) in [5.74, 6) is 1.36. The first-order valence-corrected chi connectivity index (χ1v) is 10.6. The van der Waals surface area contributed by atoms with Crippen molar-refractivity contribution in [2.24, 2.45) is 0 Å². The molecule has 164 valence electrons. The highest BCUT2D eigenvalue weighted by Crippen LogP contribution is 2.18. The highest BCUT2D eigenvalue weighted by Gasteiger charge is 2.13. The number of imidazole rings is 1. The van der Waals surface area contributed by atoms with Crippen molar-refractivity contribution in [1.82, 2.24) is 19.9 Å². The molecule has 6 nitrogen and oxygen atoms in total. The van der Waals surface area contributed by atoms with Crippen LogP contribution in [0.2, 0.25) is 0 Å². The van der Waals surface area contributed by atoms with Gasteiger partial charge in [-0.25, -0.2) is 14.4 Å². The van der Waals surface area contributed by atoms with Gasteiger partial charge in [-0.3, -0.25) is 4.79 Å². The Morgan fingerprint density at radius 3 is 2.75 bits per heavy atom. The Hall–Kier alpha value is -3.74. The van der Waals surface area contributed by atoms with Gasteiger partial charge in [0.15, 0.2) is 5.65 Å². The van der Waals surface area contributed by atoms with Gasteiger partial charge in [0.1, 0.15) is 22.9 Å². The van der Waals surface area contributed by atoms with Crippen molar-refractivity contribution in [2.75, 3.05) is 7.11 Å². The van der Waals surface area contributed by atoms with E-state index in [0.717, 1.165) is 33.9 Å². The normalized spacial score (nSPS) is 10.9. The number of carbonyl (C=O) groups is 1. The maximum Gasteiger partial charge on any atom is 0.220 e. The fraction of sp³-hybridized carbons (Fsp3) is 0.240. The Morgan fingerprint density at radius 1 is 1.09 bits per heavy atom. The van der Waals surface area contributed by atoms with Crippen LogP contribution in [-0.4, -0.2) is 27.6 Å². The molecule has 4 rings (SSSR count). The quantitative estimate of drug-likeness (QED) is 0.429. The van der Waals surface area contributed by atoms with Crippen molar-refractivity contribution in [1.29, 1.82) is 0 Å². The lowest BCUT2D eigenvalue weighted by Gasteiger charge is -2.10. The largest absolute Gasteiger partial charge is 0.497 e. The lowest BCUT2D eigenvalue weighted by atomic mass is 10.2. The van der Waals surface area contributed by atoms with Gasteiger partial charge in [0.05, 0.1) is 13.7 Å². The Kier molecular flexibility index (Phi) is 6.75. The molecule has 0 aliphatic heterocycles. The molecule has 0 saturated carbocycles. The molecule has 0 bridgehead atoms. The third kappa shape index (κ3) is 5.29. The maximum absolute atomic E-state index is 13.3. The van der Waals surface area contributed by atoms with Gasteiger partial charge >= 0.3 is 0 Å². The summed E-state index contributed by atoms with van der Waals surface area (Å²) in [7, 11) is 1.62. The fourth-order valence-electron chi connectivity index (χ4n) is 3.61. The number of hydrogen-bond donors (Lipinski definition) is 1. The van der Waals surface area contributed by atoms with Gasteiger partial charge in [-0.15, -0.1) is 0 Å². The summed E-state index contributed by atoms with van der Waals surface area (Å²) in [6.07, 6.45) is 3.44. The molecule has 0 aliphatic rings. The van der Waals surface area contributed by atoms with Crippen LogP contribution in [0.15, 0.2) is 66.9 Å². The van der Waals surface area contributed by atoms with Gasteiger partial charge < -0.3 is 14.6 Å². The molecular formula is C25H25FN4O2. The minimum Gasteiger partial charge on any atom is -0.497 e. The number of rotatable bonds is 9. The average Bonchev–Trinajstić information content (AvgIpc) is 3.16. The number of pyridine rings is 1. The third-order valence-corrected chi connectivity index (χ3v) is 5.26. The van der Waals surface area contributed by atoms with Crippen molar-refractivity contribution in [2.45, 2.75) is 32.4 Å². The van der Waals surface area contributed by atoms with E-state index in [4.69, 9.17) is 9.72 Å². The van der Waals surface area contributed by atoms with Crippen LogP contribution in [-0.2, 0) is 24.3 Å². The van der Waals surface area contributed by atoms with Gasteiger partial charge in [-0.2, -0.15) is 0 Å². The van der Waals surface area contributed by atoms with E-state index in [1.54, 1.807) is 25.4 Å². The molecule has 1 N–H and O–H groups in total. The van der Waals surface area contributed by atoms with Crippen LogP contribution in [0, 0.1) is 5.82 Å². The molecule has 1 amide bonds. The molecule has 0 atom stereocenters. The number of aromatic nitrogens is 3. The van der Waals surface area contributed by atoms with Crippen LogP contribution in [0.4, 0.5) is 4.39 Å². The second-order valence-electron chi connectivity index (χ2n) is 7.57. The van der Waals surface area contributed by atoms with E-state index < -0.39 is 0 Å². The molecule has 4 aromatic rings. The van der Waals surface area contributed by atoms with Crippen LogP contribution < -0.4 is 10.1 Å². The summed E-state index contributed by atoms with van der Waals surface area (Å²) >= 11 is 0. The molecule has 2 heterocycles. The van der Waals surface area contributed by atoms with Crippen LogP contribution in [0.5, 0.6) is 5.75 Å². The molecule has 0 radical (unpaired) electrons. The summed E-state index contributed by atoms with van der Waals surface area (Å²) in [5.41, 5.74) is 3.56. The number of methoxy groups -OCH3 is 1. The molecule has 0 saturated heterocycles. The Bertz CT molecular complexity index is 1200. The number of amides is 1. The lowest BCUT2D eigenvalue weighted by molar-refractivity contribution is -0.121. The monoisotopic (exact) mass is 432 g/mol. The van der Waals surface area contributed by atoms with Crippen molar-refractivity contribution in [3.63, 3.8) is 0 Å². The van der Waals surface area contributed by atoms with Crippen LogP contribution >= 0.6 is 0 Å².